The van der Waals surface area contributed by atoms with Crippen LogP contribution in [0, 0.1) is 5.92 Å². The van der Waals surface area contributed by atoms with Gasteiger partial charge in [0.2, 0.25) is 0 Å². The Morgan fingerprint density at radius 2 is 1.96 bits per heavy atom. The van der Waals surface area contributed by atoms with Crippen molar-refractivity contribution in [2.75, 3.05) is 7.11 Å². The van der Waals surface area contributed by atoms with Gasteiger partial charge in [-0.25, -0.2) is 4.79 Å². The maximum atomic E-state index is 12.8. The molecule has 0 bridgehead atoms. The summed E-state index contributed by atoms with van der Waals surface area (Å²) < 4.78 is 5.14. The monoisotopic (exact) mass is 371 g/mol. The van der Waals surface area contributed by atoms with Crippen LogP contribution in [0.2, 0.25) is 0 Å². The van der Waals surface area contributed by atoms with E-state index in [1.165, 1.54) is 5.57 Å². The molecular weight excluding hydrogens is 342 g/mol. The number of allylic oxidation sites excluding steroid dienone is 2. The summed E-state index contributed by atoms with van der Waals surface area (Å²) in [4.78, 5) is 25.1. The molecule has 0 aromatic heterocycles. The molecule has 0 radical (unpaired) electrons. The number of benzene rings is 1. The Morgan fingerprint density at radius 1 is 1.30 bits per heavy atom. The zero-order chi connectivity index (χ0) is 20.0. The van der Waals surface area contributed by atoms with Crippen molar-refractivity contribution in [1.82, 2.24) is 10.3 Å². The van der Waals surface area contributed by atoms with E-state index in [1.54, 1.807) is 44.5 Å². The topological polar surface area (TPSA) is 71.0 Å². The van der Waals surface area contributed by atoms with E-state index >= 15 is 0 Å². The fraction of sp³-hybridized carbons (Fsp3) is 0.476. The number of ether oxygens (including phenoxy) is 1. The molecular formula is C21H29N3O3. The maximum Gasteiger partial charge on any atom is 0.346 e. The number of nitrogens with zero attached hydrogens (tertiary/aromatic N) is 2. The van der Waals surface area contributed by atoms with E-state index in [1.807, 2.05) is 0 Å². The number of methoxy groups -OCH3 is 1. The molecule has 0 spiro atoms. The summed E-state index contributed by atoms with van der Waals surface area (Å²) in [5.41, 5.74) is 0.873. The van der Waals surface area contributed by atoms with Gasteiger partial charge in [0.05, 0.1) is 7.11 Å². The van der Waals surface area contributed by atoms with Crippen molar-refractivity contribution in [3.8, 4) is 5.75 Å². The third kappa shape index (κ3) is 4.96. The lowest BCUT2D eigenvalue weighted by atomic mass is 9.92. The molecule has 1 aromatic rings. The van der Waals surface area contributed by atoms with Crippen LogP contribution in [-0.4, -0.2) is 30.3 Å². The minimum Gasteiger partial charge on any atom is -0.497 e. The number of imide groups is 1. The molecule has 2 rings (SSSR count). The Balaban J connectivity index is 2.01. The third-order valence-corrected chi connectivity index (χ3v) is 4.75. The predicted octanol–water partition coefficient (Wildman–Crippen LogP) is 4.22. The second kappa shape index (κ2) is 8.84. The zero-order valence-corrected chi connectivity index (χ0v) is 16.8. The number of rotatable bonds is 8. The fourth-order valence-electron chi connectivity index (χ4n) is 2.93. The molecule has 0 unspecified atom stereocenters. The standard InChI is InChI=1S/C21H29N3O3/c1-15(2)7-6-8-16(3)13-14-22-24-19(25)21(4,23-20(24)26)17-9-11-18(27-5)12-10-17/h7,9-12,14,16H,6,8,13H2,1-5H3,(H,23,26)/b22-14-/t16-,21+/m0/s1. The number of hydrogen-bond donors (Lipinski definition) is 1. The second-order valence-corrected chi connectivity index (χ2v) is 7.40. The van der Waals surface area contributed by atoms with Crippen LogP contribution in [0.5, 0.6) is 5.75 Å². The molecule has 1 saturated heterocycles. The van der Waals surface area contributed by atoms with Crippen LogP contribution in [0.1, 0.15) is 52.5 Å². The fourth-order valence-corrected chi connectivity index (χ4v) is 2.93. The lowest BCUT2D eigenvalue weighted by Gasteiger charge is -2.21. The first-order valence-corrected chi connectivity index (χ1v) is 9.25. The molecule has 1 fully saturated rings. The Hall–Kier alpha value is -2.63. The van der Waals surface area contributed by atoms with Gasteiger partial charge in [-0.2, -0.15) is 5.10 Å². The first-order chi connectivity index (χ1) is 12.8. The van der Waals surface area contributed by atoms with Gasteiger partial charge in [0, 0.05) is 6.21 Å². The quantitative estimate of drug-likeness (QED) is 0.422. The van der Waals surface area contributed by atoms with Crippen molar-refractivity contribution in [3.63, 3.8) is 0 Å². The molecule has 6 nitrogen and oxygen atoms in total. The van der Waals surface area contributed by atoms with E-state index in [4.69, 9.17) is 4.74 Å². The average Bonchev–Trinajstić information content (AvgIpc) is 2.85. The third-order valence-electron chi connectivity index (χ3n) is 4.75. The van der Waals surface area contributed by atoms with Gasteiger partial charge in [-0.1, -0.05) is 30.7 Å². The summed E-state index contributed by atoms with van der Waals surface area (Å²) in [6.45, 7) is 8.00. The van der Waals surface area contributed by atoms with Crippen molar-refractivity contribution < 1.29 is 14.3 Å². The number of hydrazone groups is 1. The highest BCUT2D eigenvalue weighted by molar-refractivity contribution is 6.07. The first kappa shape index (κ1) is 20.7. The van der Waals surface area contributed by atoms with Crippen molar-refractivity contribution >= 4 is 18.2 Å². The van der Waals surface area contributed by atoms with E-state index in [-0.39, 0.29) is 5.91 Å². The van der Waals surface area contributed by atoms with Gasteiger partial charge >= 0.3 is 6.03 Å². The Morgan fingerprint density at radius 3 is 2.56 bits per heavy atom. The summed E-state index contributed by atoms with van der Waals surface area (Å²) in [5, 5.41) is 7.80. The number of hydrogen-bond acceptors (Lipinski definition) is 4. The summed E-state index contributed by atoms with van der Waals surface area (Å²) in [6.07, 6.45) is 6.65. The first-order valence-electron chi connectivity index (χ1n) is 9.25. The molecule has 1 N–H and O–H groups in total. The SMILES string of the molecule is COc1ccc([C@@]2(C)NC(=O)N(/N=C\C[C@@H](C)CCC=C(C)C)C2=O)cc1. The molecule has 6 heteroatoms. The van der Waals surface area contributed by atoms with Crippen LogP contribution < -0.4 is 10.1 Å². The number of carbonyl (C=O) groups is 2. The van der Waals surface area contributed by atoms with Crippen molar-refractivity contribution in [2.24, 2.45) is 11.0 Å². The van der Waals surface area contributed by atoms with Crippen molar-refractivity contribution in [2.45, 2.75) is 52.5 Å². The summed E-state index contributed by atoms with van der Waals surface area (Å²) in [7, 11) is 1.58. The Bertz CT molecular complexity index is 736. The molecule has 2 atom stereocenters. The van der Waals surface area contributed by atoms with Crippen LogP contribution in [0.25, 0.3) is 0 Å². The molecule has 3 amide bonds. The van der Waals surface area contributed by atoms with Crippen LogP contribution in [0.3, 0.4) is 0 Å². The van der Waals surface area contributed by atoms with Crippen LogP contribution in [0.15, 0.2) is 41.0 Å². The molecule has 1 aromatic carbocycles. The molecule has 1 heterocycles. The summed E-state index contributed by atoms with van der Waals surface area (Å²) in [5.74, 6) is 0.736. The van der Waals surface area contributed by atoms with Crippen LogP contribution in [0.4, 0.5) is 4.79 Å². The highest BCUT2D eigenvalue weighted by Gasteiger charge is 2.49. The minimum atomic E-state index is -1.13. The molecule has 0 saturated carbocycles. The number of carbonyl (C=O) groups excluding carboxylic acids is 2. The van der Waals surface area contributed by atoms with Gasteiger partial charge in [-0.15, -0.1) is 5.01 Å². The number of urea groups is 1. The number of amides is 3. The van der Waals surface area contributed by atoms with Crippen LogP contribution >= 0.6 is 0 Å². The van der Waals surface area contributed by atoms with Gasteiger partial charge < -0.3 is 10.1 Å². The van der Waals surface area contributed by atoms with Gasteiger partial charge in [0.1, 0.15) is 11.3 Å². The summed E-state index contributed by atoms with van der Waals surface area (Å²) in [6, 6.07) is 6.57. The molecule has 0 aliphatic carbocycles. The predicted molar refractivity (Wildman–Crippen MR) is 107 cm³/mol. The van der Waals surface area contributed by atoms with E-state index in [0.717, 1.165) is 17.9 Å². The molecule has 146 valence electrons. The normalized spacial score (nSPS) is 20.7. The van der Waals surface area contributed by atoms with Gasteiger partial charge in [0.15, 0.2) is 0 Å². The zero-order valence-electron chi connectivity index (χ0n) is 16.8. The highest BCUT2D eigenvalue weighted by atomic mass is 16.5. The Kier molecular flexibility index (Phi) is 6.77. The van der Waals surface area contributed by atoms with Gasteiger partial charge in [-0.3, -0.25) is 4.79 Å². The van der Waals surface area contributed by atoms with Gasteiger partial charge in [-0.05, 0) is 63.6 Å². The summed E-state index contributed by atoms with van der Waals surface area (Å²) >= 11 is 0. The van der Waals surface area contributed by atoms with Crippen molar-refractivity contribution in [3.05, 3.63) is 41.5 Å². The lowest BCUT2D eigenvalue weighted by Crippen LogP contribution is -2.40. The maximum absolute atomic E-state index is 12.8. The van der Waals surface area contributed by atoms with Crippen LogP contribution in [-0.2, 0) is 10.3 Å². The highest BCUT2D eigenvalue weighted by Crippen LogP contribution is 2.30. The molecule has 1 aliphatic rings. The minimum absolute atomic E-state index is 0.383. The van der Waals surface area contributed by atoms with Gasteiger partial charge in [0.25, 0.3) is 5.91 Å². The Labute approximate surface area is 161 Å². The van der Waals surface area contributed by atoms with Crippen molar-refractivity contribution in [1.29, 1.82) is 0 Å². The molecule has 1 aliphatic heterocycles. The largest absolute Gasteiger partial charge is 0.497 e. The van der Waals surface area contributed by atoms with E-state index in [0.29, 0.717) is 23.7 Å². The smallest absolute Gasteiger partial charge is 0.346 e. The lowest BCUT2D eigenvalue weighted by molar-refractivity contribution is -0.131. The second-order valence-electron chi connectivity index (χ2n) is 7.40. The van der Waals surface area contributed by atoms with E-state index in [9.17, 15) is 9.59 Å². The van der Waals surface area contributed by atoms with E-state index < -0.39 is 11.6 Å². The number of nitrogens with one attached hydrogen (secondary N) is 1. The molecule has 27 heavy (non-hydrogen) atoms. The average molecular weight is 371 g/mol. The van der Waals surface area contributed by atoms with E-state index in [2.05, 4.69) is 37.3 Å².